The maximum atomic E-state index is 2.32. The third-order valence-corrected chi connectivity index (χ3v) is 2.72. The van der Waals surface area contributed by atoms with Crippen molar-refractivity contribution in [3.8, 4) is 0 Å². The van der Waals surface area contributed by atoms with Crippen molar-refractivity contribution in [2.75, 3.05) is 34.0 Å². The molecule has 0 amide bonds. The largest absolute Gasteiger partial charge is 0.364 e. The van der Waals surface area contributed by atoms with E-state index in [1.807, 2.05) is 0 Å². The van der Waals surface area contributed by atoms with Crippen LogP contribution in [0.15, 0.2) is 0 Å². The van der Waals surface area contributed by atoms with E-state index < -0.39 is 0 Å². The molecule has 0 aromatic carbocycles. The van der Waals surface area contributed by atoms with Crippen molar-refractivity contribution < 1.29 is 8.97 Å². The van der Waals surface area contributed by atoms with Crippen LogP contribution in [-0.2, 0) is 0 Å². The molecule has 10 heavy (non-hydrogen) atoms. The van der Waals surface area contributed by atoms with Gasteiger partial charge in [-0.2, -0.15) is 0 Å². The fourth-order valence-corrected chi connectivity index (χ4v) is 1.88. The van der Waals surface area contributed by atoms with Gasteiger partial charge in [0.15, 0.2) is 13.3 Å². The third kappa shape index (κ3) is 1.18. The molecule has 0 spiro atoms. The smallest absolute Gasteiger partial charge is 0.191 e. The first-order valence-electron chi connectivity index (χ1n) is 4.02. The van der Waals surface area contributed by atoms with Gasteiger partial charge in [0.05, 0.1) is 20.6 Å². The van der Waals surface area contributed by atoms with Gasteiger partial charge in [-0.1, -0.05) is 0 Å². The monoisotopic (exact) mass is 143 g/mol. The molecule has 0 aromatic heterocycles. The van der Waals surface area contributed by atoms with Crippen LogP contribution in [0.25, 0.3) is 0 Å². The van der Waals surface area contributed by atoms with Gasteiger partial charge in [0.2, 0.25) is 0 Å². The molecule has 2 heteroatoms. The van der Waals surface area contributed by atoms with E-state index in [1.54, 1.807) is 0 Å². The molecule has 1 aliphatic heterocycles. The first-order chi connectivity index (χ1) is 4.54. The molecule has 60 valence electrons. The van der Waals surface area contributed by atoms with Crippen molar-refractivity contribution >= 4 is 0 Å². The molecule has 1 fully saturated rings. The van der Waals surface area contributed by atoms with Crippen LogP contribution in [0.3, 0.4) is 0 Å². The van der Waals surface area contributed by atoms with Crippen LogP contribution in [0.1, 0.15) is 13.8 Å². The minimum Gasteiger partial charge on any atom is -0.364 e. The molecule has 0 aliphatic carbocycles. The Kier molecular flexibility index (Phi) is 1.77. The summed E-state index contributed by atoms with van der Waals surface area (Å²) in [4.78, 5) is 0. The van der Waals surface area contributed by atoms with Crippen LogP contribution in [0.5, 0.6) is 0 Å². The summed E-state index contributed by atoms with van der Waals surface area (Å²) in [6.45, 7) is 10.5. The first kappa shape index (κ1) is 8.02. The Balaban J connectivity index is 2.42. The molecule has 1 aliphatic rings. The van der Waals surface area contributed by atoms with Crippen molar-refractivity contribution in [3.63, 3.8) is 0 Å². The van der Waals surface area contributed by atoms with E-state index in [2.05, 4.69) is 34.5 Å². The Morgan fingerprint density at radius 3 is 2.10 bits per heavy atom. The number of hydrogen-bond acceptors (Lipinski definition) is 0. The summed E-state index contributed by atoms with van der Waals surface area (Å²) in [5, 5.41) is 0. The van der Waals surface area contributed by atoms with E-state index in [0.29, 0.717) is 0 Å². The summed E-state index contributed by atoms with van der Waals surface area (Å²) in [7, 11) is 4.61. The Morgan fingerprint density at radius 1 is 1.30 bits per heavy atom. The van der Waals surface area contributed by atoms with E-state index in [0.717, 1.165) is 4.48 Å². The molecule has 1 heterocycles. The van der Waals surface area contributed by atoms with Gasteiger partial charge in [-0.15, -0.1) is 13.5 Å². The zero-order valence-corrected chi connectivity index (χ0v) is 7.59. The van der Waals surface area contributed by atoms with E-state index >= 15 is 0 Å². The van der Waals surface area contributed by atoms with Crippen molar-refractivity contribution in [1.82, 2.24) is 0 Å². The van der Waals surface area contributed by atoms with Crippen LogP contribution in [0.2, 0.25) is 0 Å². The summed E-state index contributed by atoms with van der Waals surface area (Å²) in [6.07, 6.45) is 0. The molecule has 0 atom stereocenters. The molecular formula is C8H19N2+. The summed E-state index contributed by atoms with van der Waals surface area (Å²) in [6, 6.07) is 0. The highest BCUT2D eigenvalue weighted by Gasteiger charge is 2.42. The minimum absolute atomic E-state index is 1.14. The van der Waals surface area contributed by atoms with E-state index in [-0.39, 0.29) is 0 Å². The molecule has 2 nitrogen and oxygen atoms in total. The van der Waals surface area contributed by atoms with Crippen LogP contribution in [0.4, 0.5) is 0 Å². The average Bonchev–Trinajstić information content (AvgIpc) is 1.85. The Bertz CT molecular complexity index is 111. The lowest BCUT2D eigenvalue weighted by atomic mass is 10.3. The van der Waals surface area contributed by atoms with Crippen LogP contribution < -0.4 is 0 Å². The van der Waals surface area contributed by atoms with Crippen LogP contribution in [-0.4, -0.2) is 42.9 Å². The summed E-state index contributed by atoms with van der Waals surface area (Å²) < 4.78 is 2.38. The van der Waals surface area contributed by atoms with Crippen molar-refractivity contribution in [3.05, 3.63) is 6.54 Å². The molecule has 1 rings (SSSR count). The second-order valence-electron chi connectivity index (χ2n) is 3.96. The molecule has 1 saturated heterocycles. The molecule has 0 bridgehead atoms. The predicted molar refractivity (Wildman–Crippen MR) is 42.6 cm³/mol. The van der Waals surface area contributed by atoms with E-state index in [4.69, 9.17) is 0 Å². The summed E-state index contributed by atoms with van der Waals surface area (Å²) in [5.41, 5.74) is 0. The van der Waals surface area contributed by atoms with E-state index in [9.17, 15) is 0 Å². The topological polar surface area (TPSA) is 0 Å². The molecule has 0 N–H and O–H groups in total. The van der Waals surface area contributed by atoms with Gasteiger partial charge in [0, 0.05) is 0 Å². The quantitative estimate of drug-likeness (QED) is 0.400. The van der Waals surface area contributed by atoms with Crippen molar-refractivity contribution in [2.24, 2.45) is 0 Å². The van der Waals surface area contributed by atoms with Gasteiger partial charge < -0.3 is 4.48 Å². The maximum Gasteiger partial charge on any atom is 0.191 e. The standard InChI is InChI=1S/C8H19N2/c1-5-9(3)7-10(4,6-2)8-9/h5H,6-8H2,1-4H3/q+1. The number of hydrogen-bond donors (Lipinski definition) is 0. The fraction of sp³-hybridized carbons (Fsp3) is 0.875. The average molecular weight is 143 g/mol. The molecular weight excluding hydrogens is 124 g/mol. The number of rotatable bonds is 2. The van der Waals surface area contributed by atoms with E-state index in [1.165, 1.54) is 24.4 Å². The van der Waals surface area contributed by atoms with Gasteiger partial charge in [0.1, 0.15) is 0 Å². The highest BCUT2D eigenvalue weighted by atomic mass is 15.7. The zero-order valence-electron chi connectivity index (χ0n) is 7.59. The lowest BCUT2D eigenvalue weighted by Gasteiger charge is -2.58. The SMILES string of the molecule is C[CH-][N+]1(C)C[N+](C)(CC)C1. The fourth-order valence-electron chi connectivity index (χ4n) is 1.88. The van der Waals surface area contributed by atoms with Crippen LogP contribution in [0, 0.1) is 6.54 Å². The Hall–Kier alpha value is -0.0800. The zero-order chi connectivity index (χ0) is 7.83. The van der Waals surface area contributed by atoms with Gasteiger partial charge in [0.25, 0.3) is 0 Å². The van der Waals surface area contributed by atoms with Crippen molar-refractivity contribution in [1.29, 1.82) is 0 Å². The molecule has 0 radical (unpaired) electrons. The van der Waals surface area contributed by atoms with Gasteiger partial charge in [-0.3, -0.25) is 0 Å². The van der Waals surface area contributed by atoms with Gasteiger partial charge in [-0.05, 0) is 6.92 Å². The Morgan fingerprint density at radius 2 is 1.80 bits per heavy atom. The van der Waals surface area contributed by atoms with Gasteiger partial charge >= 0.3 is 0 Å². The van der Waals surface area contributed by atoms with Crippen molar-refractivity contribution in [2.45, 2.75) is 13.8 Å². The lowest BCUT2D eigenvalue weighted by Crippen LogP contribution is -2.74. The Labute approximate surface area is 64.2 Å². The molecule has 0 unspecified atom stereocenters. The number of quaternary nitrogens is 2. The molecule has 0 aromatic rings. The predicted octanol–water partition coefficient (Wildman–Crippen LogP) is 1.01. The maximum absolute atomic E-state index is 2.32. The minimum atomic E-state index is 1.14. The second-order valence-corrected chi connectivity index (χ2v) is 3.96. The number of nitrogens with zero attached hydrogens (tertiary/aromatic N) is 2. The second kappa shape index (κ2) is 2.21. The summed E-state index contributed by atoms with van der Waals surface area (Å²) in [5.74, 6) is 0. The normalized spacial score (nSPS) is 46.8. The molecule has 0 saturated carbocycles. The first-order valence-corrected chi connectivity index (χ1v) is 4.02. The highest BCUT2D eigenvalue weighted by Crippen LogP contribution is 2.25. The third-order valence-electron chi connectivity index (χ3n) is 2.72. The lowest BCUT2D eigenvalue weighted by molar-refractivity contribution is -1.24. The highest BCUT2D eigenvalue weighted by molar-refractivity contribution is 4.44. The summed E-state index contributed by atoms with van der Waals surface area (Å²) >= 11 is 0. The van der Waals surface area contributed by atoms with Gasteiger partial charge in [-0.25, -0.2) is 4.48 Å². The van der Waals surface area contributed by atoms with Crippen LogP contribution >= 0.6 is 0 Å².